The van der Waals surface area contributed by atoms with Gasteiger partial charge in [0.05, 0.1) is 0 Å². The van der Waals surface area contributed by atoms with Crippen molar-refractivity contribution in [2.75, 3.05) is 0 Å². The predicted octanol–water partition coefficient (Wildman–Crippen LogP) is -5.43. The zero-order valence-corrected chi connectivity index (χ0v) is 10.6. The average molecular weight is 271 g/mol. The molecule has 0 bridgehead atoms. The molecule has 0 aliphatic rings. The summed E-state index contributed by atoms with van der Waals surface area (Å²) < 4.78 is 37.1. The Bertz CT molecular complexity index is 136. The predicted molar refractivity (Wildman–Crippen MR) is 17.4 cm³/mol. The smallest absolute Gasteiger partial charge is 0.786 e. The molecule has 12 heteroatoms. The fourth-order valence-corrected chi connectivity index (χ4v) is 0. The van der Waals surface area contributed by atoms with E-state index in [-0.39, 0.29) is 46.9 Å². The van der Waals surface area contributed by atoms with E-state index in [4.69, 9.17) is 28.7 Å². The molecule has 0 aromatic carbocycles. The minimum Gasteiger partial charge on any atom is -0.786 e. The molecule has 0 rings (SSSR count). The Hall–Kier alpha value is 1.69. The van der Waals surface area contributed by atoms with Gasteiger partial charge in [0.2, 0.25) is 0 Å². The first kappa shape index (κ1) is 23.5. The molecule has 0 fully saturated rings. The van der Waals surface area contributed by atoms with Crippen LogP contribution in [0, 0.1) is 0 Å². The molecule has 67 valence electrons. The van der Waals surface area contributed by atoms with Gasteiger partial charge in [0, 0.05) is 0 Å². The monoisotopic (exact) mass is 271 g/mol. The second-order valence-electron chi connectivity index (χ2n) is 0.861. The topological polar surface area (TPSA) is 126 Å². The molecule has 0 aromatic heterocycles. The maximum absolute atomic E-state index is 10.1. The summed E-state index contributed by atoms with van der Waals surface area (Å²) in [6, 6.07) is 0. The molecule has 0 N–H and O–H groups in total. The van der Waals surface area contributed by atoms with Crippen LogP contribution in [0.5, 0.6) is 0 Å². The van der Waals surface area contributed by atoms with Gasteiger partial charge in [0.15, 0.2) is 0 Å². The van der Waals surface area contributed by atoms with Crippen molar-refractivity contribution in [1.29, 1.82) is 0 Å². The molecule has 0 heterocycles. The molecule has 0 saturated heterocycles. The largest absolute Gasteiger partial charge is 3.00 e. The molecular formula is CrF2NaO6P2. The SMILES string of the molecule is O=P([O-])([O-])F.O=P([O-])([O-])F.[Cr+3].[Na+]. The second kappa shape index (κ2) is 9.26. The van der Waals surface area contributed by atoms with Crippen molar-refractivity contribution >= 4 is 15.8 Å². The summed E-state index contributed by atoms with van der Waals surface area (Å²) in [7, 11) is -11.3. The van der Waals surface area contributed by atoms with Gasteiger partial charge in [-0.1, -0.05) is 0 Å². The molecule has 6 nitrogen and oxygen atoms in total. The summed E-state index contributed by atoms with van der Waals surface area (Å²) in [6.45, 7) is 0. The van der Waals surface area contributed by atoms with Crippen LogP contribution in [0.4, 0.5) is 8.39 Å². The third-order valence-electron chi connectivity index (χ3n) is 0. The zero-order valence-electron chi connectivity index (χ0n) is 5.51. The first-order chi connectivity index (χ1) is 4.00. The number of rotatable bonds is 0. The summed E-state index contributed by atoms with van der Waals surface area (Å²) in [6.07, 6.45) is 0. The molecule has 0 aliphatic heterocycles. The number of halogens is 2. The number of hydrogen-bond acceptors (Lipinski definition) is 6. The van der Waals surface area contributed by atoms with E-state index in [1.807, 2.05) is 0 Å². The fourth-order valence-electron chi connectivity index (χ4n) is 0. The maximum Gasteiger partial charge on any atom is 3.00 e. The Balaban J connectivity index is -0.0000000457. The van der Waals surface area contributed by atoms with E-state index < -0.39 is 15.8 Å². The van der Waals surface area contributed by atoms with Gasteiger partial charge < -0.3 is 28.7 Å². The van der Waals surface area contributed by atoms with E-state index in [1.165, 1.54) is 0 Å². The van der Waals surface area contributed by atoms with Crippen molar-refractivity contribution < 1.29 is 84.0 Å². The van der Waals surface area contributed by atoms with Gasteiger partial charge >= 0.3 is 46.9 Å². The Morgan fingerprint density at radius 2 is 0.833 bits per heavy atom. The van der Waals surface area contributed by atoms with Gasteiger partial charge in [-0.25, -0.2) is 8.39 Å². The van der Waals surface area contributed by atoms with E-state index in [1.54, 1.807) is 0 Å². The van der Waals surface area contributed by atoms with E-state index in [0.717, 1.165) is 0 Å². The summed E-state index contributed by atoms with van der Waals surface area (Å²) in [5, 5.41) is 0. The van der Waals surface area contributed by atoms with Crippen molar-refractivity contribution in [2.45, 2.75) is 0 Å². The van der Waals surface area contributed by atoms with Crippen molar-refractivity contribution in [1.82, 2.24) is 0 Å². The van der Waals surface area contributed by atoms with Crippen LogP contribution >= 0.6 is 15.8 Å². The molecule has 0 saturated carbocycles. The van der Waals surface area contributed by atoms with Crippen LogP contribution in [0.3, 0.4) is 0 Å². The van der Waals surface area contributed by atoms with Crippen molar-refractivity contribution in [3.63, 3.8) is 0 Å². The van der Waals surface area contributed by atoms with Crippen LogP contribution in [0.1, 0.15) is 0 Å². The minimum atomic E-state index is -5.64. The molecule has 0 aromatic rings. The molecule has 0 atom stereocenters. The first-order valence-electron chi connectivity index (χ1n) is 1.43. The van der Waals surface area contributed by atoms with E-state index in [2.05, 4.69) is 0 Å². The van der Waals surface area contributed by atoms with E-state index in [9.17, 15) is 8.39 Å². The second-order valence-corrected chi connectivity index (χ2v) is 2.58. The molecule has 0 aliphatic carbocycles. The van der Waals surface area contributed by atoms with Crippen LogP contribution in [-0.4, -0.2) is 0 Å². The summed E-state index contributed by atoms with van der Waals surface area (Å²) in [5.41, 5.74) is 0. The Kier molecular flexibility index (Phi) is 18.1. The molecular weight excluding hydrogens is 271 g/mol. The van der Waals surface area contributed by atoms with Gasteiger partial charge in [-0.15, -0.1) is 0 Å². The van der Waals surface area contributed by atoms with Gasteiger partial charge in [-0.3, -0.25) is 0 Å². The average Bonchev–Trinajstić information content (AvgIpc) is 1.12. The van der Waals surface area contributed by atoms with Gasteiger partial charge in [-0.05, 0) is 0 Å². The van der Waals surface area contributed by atoms with E-state index in [0.29, 0.717) is 0 Å². The summed E-state index contributed by atoms with van der Waals surface area (Å²) in [4.78, 5) is 33.8. The maximum atomic E-state index is 10.1. The minimum absolute atomic E-state index is 0. The molecule has 0 spiro atoms. The van der Waals surface area contributed by atoms with Crippen LogP contribution < -0.4 is 49.1 Å². The molecule has 1 radical (unpaired) electrons. The number of hydrogen-bond donors (Lipinski definition) is 0. The third kappa shape index (κ3) is 467. The summed E-state index contributed by atoms with van der Waals surface area (Å²) in [5.74, 6) is 0. The van der Waals surface area contributed by atoms with Crippen molar-refractivity contribution in [3.05, 3.63) is 0 Å². The van der Waals surface area contributed by atoms with E-state index >= 15 is 0 Å². The first-order valence-corrected chi connectivity index (χ1v) is 4.30. The Labute approximate surface area is 99.3 Å². The third-order valence-corrected chi connectivity index (χ3v) is 0. The molecule has 0 unspecified atom stereocenters. The van der Waals surface area contributed by atoms with Gasteiger partial charge in [0.25, 0.3) is 0 Å². The summed E-state index contributed by atoms with van der Waals surface area (Å²) >= 11 is 0. The van der Waals surface area contributed by atoms with Gasteiger partial charge in [-0.2, -0.15) is 0 Å². The quantitative estimate of drug-likeness (QED) is 0.319. The van der Waals surface area contributed by atoms with Crippen molar-refractivity contribution in [3.8, 4) is 0 Å². The fraction of sp³-hybridized carbons (Fsp3) is 0. The van der Waals surface area contributed by atoms with Crippen LogP contribution in [0.25, 0.3) is 0 Å². The van der Waals surface area contributed by atoms with Crippen LogP contribution in [0.15, 0.2) is 0 Å². The van der Waals surface area contributed by atoms with Crippen molar-refractivity contribution in [2.24, 2.45) is 0 Å². The molecule has 12 heavy (non-hydrogen) atoms. The Morgan fingerprint density at radius 1 is 0.833 bits per heavy atom. The van der Waals surface area contributed by atoms with Gasteiger partial charge in [0.1, 0.15) is 15.8 Å². The van der Waals surface area contributed by atoms with Crippen LogP contribution in [0.2, 0.25) is 0 Å². The zero-order chi connectivity index (χ0) is 9.00. The normalized spacial score (nSPS) is 9.83. The molecule has 0 amide bonds. The van der Waals surface area contributed by atoms with Crippen LogP contribution in [-0.2, 0) is 26.5 Å². The Morgan fingerprint density at radius 3 is 0.833 bits per heavy atom. The standard InChI is InChI=1S/Cr.2FH2O3P.Na/c;2*1-5(2,3)4;/h;2*(H2,2,3,4);/q+3;;;+1/p-4.